The minimum Gasteiger partial charge on any atom is -0.267 e. The Kier molecular flexibility index (Phi) is 3.66. The number of thioether (sulfide) groups is 1. The summed E-state index contributed by atoms with van der Waals surface area (Å²) in [5.74, 6) is 0.514. The van der Waals surface area contributed by atoms with E-state index in [2.05, 4.69) is 10.2 Å². The van der Waals surface area contributed by atoms with Gasteiger partial charge in [0.25, 0.3) is 5.91 Å². The summed E-state index contributed by atoms with van der Waals surface area (Å²) in [4.78, 5) is 13.7. The molecule has 3 aromatic rings. The number of hydrogen-bond donors (Lipinski definition) is 0. The molecule has 1 amide bonds. The molecule has 0 saturated carbocycles. The van der Waals surface area contributed by atoms with Crippen LogP contribution in [0.15, 0.2) is 76.8 Å². The van der Waals surface area contributed by atoms with Crippen LogP contribution in [0.3, 0.4) is 0 Å². The largest absolute Gasteiger partial charge is 0.271 e. The molecule has 0 N–H and O–H groups in total. The highest BCUT2D eigenvalue weighted by atomic mass is 32.2. The van der Waals surface area contributed by atoms with E-state index in [1.807, 2.05) is 67.6 Å². The topological polar surface area (TPSA) is 51.0 Å². The van der Waals surface area contributed by atoms with Crippen molar-refractivity contribution in [2.24, 2.45) is 0 Å². The third-order valence-corrected chi connectivity index (χ3v) is 4.51. The Morgan fingerprint density at radius 3 is 2.29 bits per heavy atom. The Bertz CT molecular complexity index is 919. The second kappa shape index (κ2) is 5.98. The Morgan fingerprint density at radius 1 is 0.917 bits per heavy atom. The lowest BCUT2D eigenvalue weighted by Crippen LogP contribution is -2.35. The number of hydrogen-bond acceptors (Lipinski definition) is 4. The van der Waals surface area contributed by atoms with E-state index < -0.39 is 0 Å². The summed E-state index contributed by atoms with van der Waals surface area (Å²) in [6.45, 7) is 1.90. The van der Waals surface area contributed by atoms with Crippen LogP contribution in [0.25, 0.3) is 11.4 Å². The normalized spacial score (nSPS) is 14.1. The Balaban J connectivity index is 1.95. The van der Waals surface area contributed by atoms with Gasteiger partial charge in [-0.05, 0) is 24.0 Å². The van der Waals surface area contributed by atoms with Crippen LogP contribution in [0.4, 0.5) is 5.69 Å². The molecule has 0 unspecified atom stereocenters. The van der Waals surface area contributed by atoms with Crippen LogP contribution in [0.1, 0.15) is 6.92 Å². The Labute approximate surface area is 143 Å². The van der Waals surface area contributed by atoms with Gasteiger partial charge in [0, 0.05) is 11.6 Å². The number of benzene rings is 2. The van der Waals surface area contributed by atoms with Crippen LogP contribution in [0, 0.1) is 0 Å². The van der Waals surface area contributed by atoms with E-state index in [9.17, 15) is 4.79 Å². The number of amides is 1. The lowest BCUT2D eigenvalue weighted by Gasteiger charge is -2.23. The number of allylic oxidation sites excluding steroid dienone is 1. The quantitative estimate of drug-likeness (QED) is 0.716. The zero-order valence-corrected chi connectivity index (χ0v) is 13.8. The van der Waals surface area contributed by atoms with Crippen molar-refractivity contribution in [3.63, 3.8) is 0 Å². The van der Waals surface area contributed by atoms with Crippen molar-refractivity contribution in [3.8, 4) is 11.4 Å². The van der Waals surface area contributed by atoms with E-state index in [1.54, 1.807) is 15.8 Å². The molecule has 24 heavy (non-hydrogen) atoms. The van der Waals surface area contributed by atoms with Crippen LogP contribution in [-0.2, 0) is 4.79 Å². The van der Waals surface area contributed by atoms with Gasteiger partial charge in [-0.2, -0.15) is 4.68 Å². The van der Waals surface area contributed by atoms with Crippen LogP contribution >= 0.6 is 11.8 Å². The molecule has 0 bridgehead atoms. The first kappa shape index (κ1) is 14.7. The number of rotatable bonds is 2. The maximum absolute atomic E-state index is 12.8. The minimum atomic E-state index is -0.123. The third-order valence-electron chi connectivity index (χ3n) is 3.63. The molecule has 6 heteroatoms. The van der Waals surface area contributed by atoms with Crippen molar-refractivity contribution in [2.75, 3.05) is 5.01 Å². The highest BCUT2D eigenvalue weighted by Gasteiger charge is 2.27. The zero-order chi connectivity index (χ0) is 16.5. The van der Waals surface area contributed by atoms with Crippen molar-refractivity contribution in [2.45, 2.75) is 12.1 Å². The summed E-state index contributed by atoms with van der Waals surface area (Å²) >= 11 is 1.44. The molecule has 0 fully saturated rings. The molecule has 2 aromatic carbocycles. The van der Waals surface area contributed by atoms with Gasteiger partial charge >= 0.3 is 0 Å². The molecule has 2 heterocycles. The van der Waals surface area contributed by atoms with Crippen molar-refractivity contribution >= 4 is 23.4 Å². The average molecular weight is 334 g/mol. The van der Waals surface area contributed by atoms with Gasteiger partial charge in [0.05, 0.1) is 5.69 Å². The summed E-state index contributed by atoms with van der Waals surface area (Å²) in [7, 11) is 0. The summed E-state index contributed by atoms with van der Waals surface area (Å²) in [5, 5.41) is 10.9. The fourth-order valence-corrected chi connectivity index (χ4v) is 3.38. The SMILES string of the molecule is CC1=CC(=O)N(c2ccccc2)n2c(nnc2-c2ccccc2)S1. The summed E-state index contributed by atoms with van der Waals surface area (Å²) < 4.78 is 1.78. The lowest BCUT2D eigenvalue weighted by atomic mass is 10.2. The van der Waals surface area contributed by atoms with Crippen LogP contribution in [-0.4, -0.2) is 20.8 Å². The van der Waals surface area contributed by atoms with E-state index in [-0.39, 0.29) is 5.91 Å². The highest BCUT2D eigenvalue weighted by molar-refractivity contribution is 8.02. The number of carbonyl (C=O) groups excluding carboxylic acids is 1. The summed E-state index contributed by atoms with van der Waals surface area (Å²) in [5.41, 5.74) is 1.68. The maximum atomic E-state index is 12.8. The molecule has 0 aliphatic carbocycles. The molecule has 5 nitrogen and oxygen atoms in total. The van der Waals surface area contributed by atoms with E-state index in [0.29, 0.717) is 11.0 Å². The smallest absolute Gasteiger partial charge is 0.267 e. The number of anilines is 1. The number of para-hydroxylation sites is 1. The predicted molar refractivity (Wildman–Crippen MR) is 94.4 cm³/mol. The molecule has 118 valence electrons. The summed E-state index contributed by atoms with van der Waals surface area (Å²) in [6, 6.07) is 19.3. The van der Waals surface area contributed by atoms with Crippen LogP contribution in [0.2, 0.25) is 0 Å². The first-order valence-corrected chi connectivity index (χ1v) is 8.32. The standard InChI is InChI=1S/C18H14N4OS/c1-13-12-16(23)21(15-10-6-3-7-11-15)22-17(19-20-18(22)24-13)14-8-4-2-5-9-14/h2-12H,1H3. The molecule has 1 aromatic heterocycles. The van der Waals surface area contributed by atoms with Gasteiger partial charge in [0.2, 0.25) is 5.16 Å². The van der Waals surface area contributed by atoms with Gasteiger partial charge in [0.1, 0.15) is 0 Å². The molecule has 1 aliphatic heterocycles. The molecule has 1 aliphatic rings. The van der Waals surface area contributed by atoms with Gasteiger partial charge in [-0.25, -0.2) is 5.01 Å². The van der Waals surface area contributed by atoms with E-state index >= 15 is 0 Å². The molecular formula is C18H14N4OS. The van der Waals surface area contributed by atoms with Crippen molar-refractivity contribution in [1.29, 1.82) is 0 Å². The van der Waals surface area contributed by atoms with Crippen molar-refractivity contribution < 1.29 is 4.79 Å². The highest BCUT2D eigenvalue weighted by Crippen LogP contribution is 2.33. The van der Waals surface area contributed by atoms with Gasteiger partial charge in [0.15, 0.2) is 5.82 Å². The number of aromatic nitrogens is 3. The van der Waals surface area contributed by atoms with E-state index in [4.69, 9.17) is 0 Å². The van der Waals surface area contributed by atoms with Crippen LogP contribution < -0.4 is 5.01 Å². The Morgan fingerprint density at radius 2 is 1.58 bits per heavy atom. The van der Waals surface area contributed by atoms with E-state index in [0.717, 1.165) is 16.2 Å². The summed E-state index contributed by atoms with van der Waals surface area (Å²) in [6.07, 6.45) is 1.63. The van der Waals surface area contributed by atoms with Gasteiger partial charge in [-0.3, -0.25) is 4.79 Å². The number of nitrogens with zero attached hydrogens (tertiary/aromatic N) is 4. The molecule has 0 radical (unpaired) electrons. The lowest BCUT2D eigenvalue weighted by molar-refractivity contribution is -0.114. The van der Waals surface area contributed by atoms with Crippen molar-refractivity contribution in [1.82, 2.24) is 14.9 Å². The number of carbonyl (C=O) groups is 1. The van der Waals surface area contributed by atoms with Crippen LogP contribution in [0.5, 0.6) is 0 Å². The van der Waals surface area contributed by atoms with Crippen molar-refractivity contribution in [3.05, 3.63) is 71.6 Å². The average Bonchev–Trinajstić information content (AvgIpc) is 2.94. The van der Waals surface area contributed by atoms with Gasteiger partial charge in [-0.15, -0.1) is 10.2 Å². The second-order valence-corrected chi connectivity index (χ2v) is 6.54. The third kappa shape index (κ3) is 2.51. The van der Waals surface area contributed by atoms with E-state index in [1.165, 1.54) is 11.8 Å². The monoisotopic (exact) mass is 334 g/mol. The first-order chi connectivity index (χ1) is 11.7. The first-order valence-electron chi connectivity index (χ1n) is 7.50. The maximum Gasteiger partial charge on any atom is 0.271 e. The molecule has 0 saturated heterocycles. The molecule has 0 atom stereocenters. The Hall–Kier alpha value is -2.86. The minimum absolute atomic E-state index is 0.123. The fraction of sp³-hybridized carbons (Fsp3) is 0.0556. The molecule has 4 rings (SSSR count). The zero-order valence-electron chi connectivity index (χ0n) is 13.0. The molecule has 0 spiro atoms. The molecular weight excluding hydrogens is 320 g/mol. The number of fused-ring (bicyclic) bond motifs is 1. The van der Waals surface area contributed by atoms with Gasteiger partial charge < -0.3 is 0 Å². The second-order valence-electron chi connectivity index (χ2n) is 5.33. The fourth-order valence-electron chi connectivity index (χ4n) is 2.60. The van der Waals surface area contributed by atoms with Gasteiger partial charge in [-0.1, -0.05) is 60.3 Å². The predicted octanol–water partition coefficient (Wildman–Crippen LogP) is 3.75.